The highest BCUT2D eigenvalue weighted by molar-refractivity contribution is 9.11. The van der Waals surface area contributed by atoms with Crippen molar-refractivity contribution in [3.63, 3.8) is 0 Å². The third-order valence-electron chi connectivity index (χ3n) is 11.8. The molecule has 57 heavy (non-hydrogen) atoms. The number of hydrogen-bond acceptors (Lipinski definition) is 8. The molecular formula is C43H50Br2Cl2N10. The summed E-state index contributed by atoms with van der Waals surface area (Å²) in [6.07, 6.45) is 12.8. The molecule has 0 bridgehead atoms. The van der Waals surface area contributed by atoms with Crippen molar-refractivity contribution in [2.24, 2.45) is 17.8 Å². The lowest BCUT2D eigenvalue weighted by Gasteiger charge is -2.37. The fourth-order valence-corrected chi connectivity index (χ4v) is 9.94. The zero-order chi connectivity index (χ0) is 39.5. The zero-order valence-electron chi connectivity index (χ0n) is 32.5. The maximum Gasteiger partial charge on any atom is 0.172 e. The lowest BCUT2D eigenvalue weighted by Crippen LogP contribution is -2.43. The molecule has 0 amide bonds. The van der Waals surface area contributed by atoms with Crippen molar-refractivity contribution in [2.45, 2.75) is 57.9 Å². The lowest BCUT2D eigenvalue weighted by molar-refractivity contribution is 0.127. The predicted octanol–water partition coefficient (Wildman–Crippen LogP) is 10.7. The maximum atomic E-state index is 6.46. The van der Waals surface area contributed by atoms with E-state index >= 15 is 0 Å². The first-order valence-corrected chi connectivity index (χ1v) is 22.5. The summed E-state index contributed by atoms with van der Waals surface area (Å²) in [5, 5.41) is 17.7. The summed E-state index contributed by atoms with van der Waals surface area (Å²) < 4.78 is 5.47. The number of nitrogens with one attached hydrogen (secondary N) is 2. The van der Waals surface area contributed by atoms with Crippen LogP contribution in [0.4, 0.5) is 11.6 Å². The third kappa shape index (κ3) is 9.47. The summed E-state index contributed by atoms with van der Waals surface area (Å²) in [5.41, 5.74) is 5.13. The van der Waals surface area contributed by atoms with Crippen LogP contribution in [0, 0.1) is 17.8 Å². The van der Waals surface area contributed by atoms with Gasteiger partial charge in [-0.25, -0.2) is 9.97 Å². The number of halogens is 4. The van der Waals surface area contributed by atoms with Gasteiger partial charge in [0, 0.05) is 65.5 Å². The van der Waals surface area contributed by atoms with Crippen LogP contribution < -0.4 is 10.6 Å². The topological polar surface area (TPSA) is 90.9 Å². The second-order valence-corrected chi connectivity index (χ2v) is 18.6. The van der Waals surface area contributed by atoms with E-state index in [-0.39, 0.29) is 0 Å². The van der Waals surface area contributed by atoms with Crippen LogP contribution in [0.2, 0.25) is 10.0 Å². The Bertz CT molecular complexity index is 2310. The van der Waals surface area contributed by atoms with Crippen molar-refractivity contribution in [1.82, 2.24) is 39.0 Å². The fraction of sp³-hybridized carbons (Fsp3) is 0.442. The van der Waals surface area contributed by atoms with E-state index in [4.69, 9.17) is 33.2 Å². The molecule has 300 valence electrons. The molecule has 9 rings (SSSR count). The molecule has 6 heterocycles. The maximum absolute atomic E-state index is 6.46. The first kappa shape index (κ1) is 40.5. The summed E-state index contributed by atoms with van der Waals surface area (Å²) in [7, 11) is 2.19. The Morgan fingerprint density at radius 1 is 0.702 bits per heavy atom. The molecule has 4 unspecified atom stereocenters. The molecule has 4 aromatic heterocycles. The van der Waals surface area contributed by atoms with Gasteiger partial charge in [-0.2, -0.15) is 19.2 Å². The minimum atomic E-state index is 0.639. The molecule has 2 N–H and O–H groups in total. The Morgan fingerprint density at radius 2 is 1.23 bits per heavy atom. The van der Waals surface area contributed by atoms with Crippen LogP contribution in [0.3, 0.4) is 0 Å². The first-order chi connectivity index (χ1) is 27.7. The van der Waals surface area contributed by atoms with Crippen LogP contribution in [-0.4, -0.2) is 91.4 Å². The van der Waals surface area contributed by atoms with Gasteiger partial charge in [-0.05, 0) is 127 Å². The van der Waals surface area contributed by atoms with Crippen LogP contribution in [0.25, 0.3) is 33.8 Å². The summed E-state index contributed by atoms with van der Waals surface area (Å²) >= 11 is 20.0. The quantitative estimate of drug-likeness (QED) is 0.148. The smallest absolute Gasteiger partial charge is 0.172 e. The number of rotatable bonds is 9. The molecule has 10 nitrogen and oxygen atoms in total. The molecule has 6 aromatic rings. The van der Waals surface area contributed by atoms with E-state index in [1.54, 1.807) is 12.4 Å². The van der Waals surface area contributed by atoms with Gasteiger partial charge < -0.3 is 20.4 Å². The SMILES string of the molecule is CC1CCC(N2CCCC(CNc3cc(-c4ccccc4Cl)nc4c(Br)cnn34)C2)C1.CN1CCCC(CNc2cc(-c3ccccc3Cl)nc3c(Br)cnn23)C1. The highest BCUT2D eigenvalue weighted by Crippen LogP contribution is 2.34. The van der Waals surface area contributed by atoms with Gasteiger partial charge in [-0.3, -0.25) is 0 Å². The zero-order valence-corrected chi connectivity index (χ0v) is 37.2. The highest BCUT2D eigenvalue weighted by Gasteiger charge is 2.30. The molecule has 2 saturated heterocycles. The number of piperidine rings is 2. The van der Waals surface area contributed by atoms with E-state index in [9.17, 15) is 0 Å². The van der Waals surface area contributed by atoms with Crippen molar-refractivity contribution < 1.29 is 0 Å². The van der Waals surface area contributed by atoms with E-state index < -0.39 is 0 Å². The fourth-order valence-electron chi connectivity index (χ4n) is 8.78. The third-order valence-corrected chi connectivity index (χ3v) is 13.5. The lowest BCUT2D eigenvalue weighted by atomic mass is 9.96. The predicted molar refractivity (Wildman–Crippen MR) is 241 cm³/mol. The molecule has 1 saturated carbocycles. The summed E-state index contributed by atoms with van der Waals surface area (Å²) in [6, 6.07) is 20.5. The van der Waals surface area contributed by atoms with Crippen LogP contribution in [0.15, 0.2) is 82.0 Å². The number of benzene rings is 2. The molecular weight excluding hydrogens is 887 g/mol. The molecule has 2 aliphatic heterocycles. The molecule has 2 aromatic carbocycles. The van der Waals surface area contributed by atoms with Gasteiger partial charge >= 0.3 is 0 Å². The largest absolute Gasteiger partial charge is 0.370 e. The van der Waals surface area contributed by atoms with Crippen molar-refractivity contribution >= 4 is 78.0 Å². The Kier molecular flexibility index (Phi) is 13.0. The number of fused-ring (bicyclic) bond motifs is 2. The molecule has 3 aliphatic rings. The second kappa shape index (κ2) is 18.3. The van der Waals surface area contributed by atoms with Crippen LogP contribution >= 0.6 is 55.1 Å². The summed E-state index contributed by atoms with van der Waals surface area (Å²) in [6.45, 7) is 9.03. The van der Waals surface area contributed by atoms with Gasteiger partial charge in [0.1, 0.15) is 11.6 Å². The summed E-state index contributed by atoms with van der Waals surface area (Å²) in [5.74, 6) is 4.06. The Balaban J connectivity index is 0.000000162. The van der Waals surface area contributed by atoms with Gasteiger partial charge in [0.2, 0.25) is 0 Å². The first-order valence-electron chi connectivity index (χ1n) is 20.2. The Morgan fingerprint density at radius 3 is 1.74 bits per heavy atom. The van der Waals surface area contributed by atoms with E-state index in [0.717, 1.165) is 86.0 Å². The van der Waals surface area contributed by atoms with Crippen molar-refractivity contribution in [1.29, 1.82) is 0 Å². The molecule has 4 atom stereocenters. The monoisotopic (exact) mass is 934 g/mol. The van der Waals surface area contributed by atoms with Crippen molar-refractivity contribution in [3.05, 3.63) is 92.0 Å². The average molecular weight is 938 g/mol. The standard InChI is InChI=1S/C24H29BrClN5.C19H21BrClN5/c1-16-8-9-18(11-16)30-10-4-5-17(15-30)13-27-23-12-22(19-6-2-3-7-21(19)26)29-24-20(25)14-28-31(23)24;1-25-8-4-5-13(12-25)10-22-18-9-17(14-6-2-3-7-16(14)21)24-19-15(20)11-23-26(18)19/h2-3,6-7,12,14,16-18,27H,4-5,8-11,13,15H2,1H3;2-3,6-7,9,11,13,22H,4-5,8,10,12H2,1H3. The number of likely N-dealkylation sites (tertiary alicyclic amines) is 2. The van der Waals surface area contributed by atoms with Gasteiger partial charge in [0.15, 0.2) is 11.3 Å². The summed E-state index contributed by atoms with van der Waals surface area (Å²) in [4.78, 5) is 14.7. The highest BCUT2D eigenvalue weighted by atomic mass is 79.9. The van der Waals surface area contributed by atoms with E-state index in [1.807, 2.05) is 63.6 Å². The van der Waals surface area contributed by atoms with Crippen molar-refractivity contribution in [3.8, 4) is 22.5 Å². The Hall–Kier alpha value is -3.26. The second-order valence-electron chi connectivity index (χ2n) is 16.1. The molecule has 0 radical (unpaired) electrons. The van der Waals surface area contributed by atoms with Gasteiger partial charge in [0.25, 0.3) is 0 Å². The van der Waals surface area contributed by atoms with E-state index in [2.05, 4.69) is 82.5 Å². The molecule has 1 aliphatic carbocycles. The minimum absolute atomic E-state index is 0.639. The van der Waals surface area contributed by atoms with E-state index in [1.165, 1.54) is 64.6 Å². The van der Waals surface area contributed by atoms with Gasteiger partial charge in [-0.1, -0.05) is 66.5 Å². The number of aromatic nitrogens is 6. The molecule has 3 fully saturated rings. The Labute approximate surface area is 362 Å². The van der Waals surface area contributed by atoms with Crippen LogP contribution in [0.5, 0.6) is 0 Å². The average Bonchev–Trinajstić information content (AvgIpc) is 3.94. The van der Waals surface area contributed by atoms with Crippen LogP contribution in [-0.2, 0) is 0 Å². The molecule has 0 spiro atoms. The van der Waals surface area contributed by atoms with Crippen molar-refractivity contribution in [2.75, 3.05) is 56.9 Å². The molecule has 14 heteroatoms. The van der Waals surface area contributed by atoms with Gasteiger partial charge in [-0.15, -0.1) is 0 Å². The minimum Gasteiger partial charge on any atom is -0.370 e. The van der Waals surface area contributed by atoms with E-state index in [0.29, 0.717) is 21.9 Å². The van der Waals surface area contributed by atoms with Crippen LogP contribution in [0.1, 0.15) is 51.9 Å². The number of nitrogens with zero attached hydrogens (tertiary/aromatic N) is 8. The normalized spacial score (nSPS) is 21.8. The number of anilines is 2. The van der Waals surface area contributed by atoms with Gasteiger partial charge in [0.05, 0.1) is 32.7 Å². The number of hydrogen-bond donors (Lipinski definition) is 2.